The van der Waals surface area contributed by atoms with Gasteiger partial charge in [0.2, 0.25) is 0 Å². The molecule has 1 aliphatic rings. The van der Waals surface area contributed by atoms with E-state index in [9.17, 15) is 14.0 Å². The highest BCUT2D eigenvalue weighted by molar-refractivity contribution is 7.68. The topological polar surface area (TPSA) is 96.3 Å². The summed E-state index contributed by atoms with van der Waals surface area (Å²) in [6, 6.07) is 0. The largest absolute Gasteiger partial charge is 0.515 e. The SMILES string of the molecule is CN1CCCN(CP(=O)(O)C[P+](=O)O)CCN(C)CCCNCC1. The second-order valence-electron chi connectivity index (χ2n) is 6.66. The molecule has 0 aromatic heterocycles. The molecule has 1 saturated heterocycles. The van der Waals surface area contributed by atoms with Crippen molar-refractivity contribution in [1.82, 2.24) is 20.0 Å². The fraction of sp³-hybridized carbons (Fsp3) is 1.00. The Hall–Kier alpha value is 0.0900. The maximum atomic E-state index is 12.2. The fourth-order valence-corrected chi connectivity index (χ4v) is 5.55. The van der Waals surface area contributed by atoms with Crippen LogP contribution in [0.25, 0.3) is 0 Å². The molecule has 2 atom stereocenters. The molecule has 10 heteroatoms. The Morgan fingerprint density at radius 3 is 2.38 bits per heavy atom. The van der Waals surface area contributed by atoms with Crippen LogP contribution < -0.4 is 5.32 Å². The van der Waals surface area contributed by atoms with Gasteiger partial charge in [0, 0.05) is 26.2 Å². The Labute approximate surface area is 146 Å². The van der Waals surface area contributed by atoms with Gasteiger partial charge >= 0.3 is 8.03 Å². The van der Waals surface area contributed by atoms with Crippen molar-refractivity contribution >= 4 is 15.4 Å². The number of likely N-dealkylation sites (N-methyl/N-ethyl adjacent to an activating group) is 2. The Kier molecular flexibility index (Phi) is 10.7. The second kappa shape index (κ2) is 11.7. The lowest BCUT2D eigenvalue weighted by molar-refractivity contribution is 0.222. The molecule has 0 saturated carbocycles. The van der Waals surface area contributed by atoms with Crippen molar-refractivity contribution in [2.75, 3.05) is 78.6 Å². The highest BCUT2D eigenvalue weighted by Gasteiger charge is 2.32. The number of hydrogen-bond donors (Lipinski definition) is 3. The minimum Gasteiger partial charge on any atom is -0.340 e. The van der Waals surface area contributed by atoms with Crippen molar-refractivity contribution in [3.05, 3.63) is 0 Å². The van der Waals surface area contributed by atoms with E-state index in [0.717, 1.165) is 58.7 Å². The molecule has 0 radical (unpaired) electrons. The standard InChI is InChI=1S/C14H32N4O4P2/c1-16-8-4-9-18(13-24(21,22)14-23(19)20)12-11-17(2)7-3-5-15-6-10-16/h15H,3-14H2,1-2H3,(H-,19,20,21,22)/p+1. The Balaban J connectivity index is 2.60. The zero-order valence-corrected chi connectivity index (χ0v) is 16.7. The molecule has 1 rings (SSSR count). The predicted octanol–water partition coefficient (Wildman–Crippen LogP) is 0.456. The maximum Gasteiger partial charge on any atom is 0.515 e. The fourth-order valence-electron chi connectivity index (χ4n) is 2.77. The van der Waals surface area contributed by atoms with Gasteiger partial charge in [-0.05, 0) is 57.7 Å². The van der Waals surface area contributed by atoms with Gasteiger partial charge in [0.25, 0.3) is 13.3 Å². The first-order valence-electron chi connectivity index (χ1n) is 8.53. The lowest BCUT2D eigenvalue weighted by Gasteiger charge is -2.27. The minimum absolute atomic E-state index is 0.00621. The Morgan fingerprint density at radius 2 is 1.67 bits per heavy atom. The molecule has 8 nitrogen and oxygen atoms in total. The van der Waals surface area contributed by atoms with Gasteiger partial charge in [-0.25, -0.2) is 0 Å². The first-order chi connectivity index (χ1) is 11.3. The zero-order chi connectivity index (χ0) is 18.0. The van der Waals surface area contributed by atoms with Gasteiger partial charge in [-0.2, -0.15) is 4.89 Å². The van der Waals surface area contributed by atoms with Crippen molar-refractivity contribution in [3.8, 4) is 0 Å². The van der Waals surface area contributed by atoms with Crippen LogP contribution in [0.5, 0.6) is 0 Å². The summed E-state index contributed by atoms with van der Waals surface area (Å²) < 4.78 is 23.1. The van der Waals surface area contributed by atoms with E-state index < -0.39 is 21.3 Å². The average molecular weight is 383 g/mol. The van der Waals surface area contributed by atoms with Gasteiger partial charge in [-0.15, -0.1) is 0 Å². The lowest BCUT2D eigenvalue weighted by atomic mass is 10.3. The molecular weight excluding hydrogens is 350 g/mol. The molecule has 1 heterocycles. The first-order valence-corrected chi connectivity index (χ1v) is 12.0. The highest BCUT2D eigenvalue weighted by atomic mass is 31.2. The van der Waals surface area contributed by atoms with Gasteiger partial charge < -0.3 is 20.0 Å². The first kappa shape index (κ1) is 22.1. The average Bonchev–Trinajstić information content (AvgIpc) is 2.45. The number of rotatable bonds is 4. The van der Waals surface area contributed by atoms with Gasteiger partial charge in [0.15, 0.2) is 0 Å². The second-order valence-corrected chi connectivity index (χ2v) is 10.5. The molecule has 2 unspecified atom stereocenters. The predicted molar refractivity (Wildman–Crippen MR) is 98.1 cm³/mol. The molecule has 0 aromatic rings. The van der Waals surface area contributed by atoms with Crippen LogP contribution in [-0.4, -0.2) is 103 Å². The third-order valence-corrected chi connectivity index (χ3v) is 7.72. The van der Waals surface area contributed by atoms with Crippen molar-refractivity contribution < 1.29 is 18.9 Å². The summed E-state index contributed by atoms with van der Waals surface area (Å²) in [5.41, 5.74) is 0. The molecule has 1 aliphatic heterocycles. The van der Waals surface area contributed by atoms with E-state index in [1.165, 1.54) is 0 Å². The minimum atomic E-state index is -3.60. The van der Waals surface area contributed by atoms with E-state index >= 15 is 0 Å². The lowest BCUT2D eigenvalue weighted by Crippen LogP contribution is -2.38. The molecule has 0 spiro atoms. The normalized spacial score (nSPS) is 24.9. The smallest absolute Gasteiger partial charge is 0.340 e. The van der Waals surface area contributed by atoms with Crippen LogP contribution in [0.1, 0.15) is 12.8 Å². The molecule has 142 valence electrons. The van der Waals surface area contributed by atoms with E-state index in [2.05, 4.69) is 29.2 Å². The van der Waals surface area contributed by atoms with Crippen LogP contribution >= 0.6 is 15.4 Å². The molecule has 0 aliphatic carbocycles. The van der Waals surface area contributed by atoms with Gasteiger partial charge in [0.1, 0.15) is 0 Å². The highest BCUT2D eigenvalue weighted by Crippen LogP contribution is 2.47. The molecular formula is C14H33N4O4P2+. The van der Waals surface area contributed by atoms with Crippen LogP contribution in [0.15, 0.2) is 0 Å². The van der Waals surface area contributed by atoms with Crippen molar-refractivity contribution in [1.29, 1.82) is 0 Å². The summed E-state index contributed by atoms with van der Waals surface area (Å²) in [5.74, 6) is -0.514. The molecule has 3 N–H and O–H groups in total. The number of nitrogens with zero attached hydrogens (tertiary/aromatic N) is 3. The van der Waals surface area contributed by atoms with E-state index in [1.807, 2.05) is 4.90 Å². The van der Waals surface area contributed by atoms with E-state index in [-0.39, 0.29) is 6.29 Å². The zero-order valence-electron chi connectivity index (χ0n) is 14.9. The third kappa shape index (κ3) is 10.9. The summed E-state index contributed by atoms with van der Waals surface area (Å²) >= 11 is 0. The van der Waals surface area contributed by atoms with E-state index in [0.29, 0.717) is 6.54 Å². The van der Waals surface area contributed by atoms with Crippen LogP contribution in [0.2, 0.25) is 0 Å². The summed E-state index contributed by atoms with van der Waals surface area (Å²) in [7, 11) is -2.04. The maximum absolute atomic E-state index is 12.2. The summed E-state index contributed by atoms with van der Waals surface area (Å²) in [4.78, 5) is 25.4. The van der Waals surface area contributed by atoms with Crippen LogP contribution in [0.4, 0.5) is 0 Å². The van der Waals surface area contributed by atoms with Crippen molar-refractivity contribution in [2.24, 2.45) is 0 Å². The van der Waals surface area contributed by atoms with E-state index in [1.54, 1.807) is 0 Å². The quantitative estimate of drug-likeness (QED) is 0.603. The third-order valence-electron chi connectivity index (χ3n) is 4.14. The molecule has 0 bridgehead atoms. The molecule has 24 heavy (non-hydrogen) atoms. The summed E-state index contributed by atoms with van der Waals surface area (Å²) in [6.45, 7) is 7.10. The molecule has 0 aromatic carbocycles. The van der Waals surface area contributed by atoms with Crippen LogP contribution in [-0.2, 0) is 9.13 Å². The van der Waals surface area contributed by atoms with Crippen LogP contribution in [0.3, 0.4) is 0 Å². The summed E-state index contributed by atoms with van der Waals surface area (Å²) in [5, 5.41) is 3.45. The monoisotopic (exact) mass is 383 g/mol. The van der Waals surface area contributed by atoms with Gasteiger partial charge in [-0.1, -0.05) is 0 Å². The number of hydrogen-bond acceptors (Lipinski definition) is 6. The van der Waals surface area contributed by atoms with E-state index in [4.69, 9.17) is 4.89 Å². The van der Waals surface area contributed by atoms with Crippen molar-refractivity contribution in [3.63, 3.8) is 0 Å². The van der Waals surface area contributed by atoms with Crippen molar-refractivity contribution in [2.45, 2.75) is 12.8 Å². The summed E-state index contributed by atoms with van der Waals surface area (Å²) in [6.07, 6.45) is 1.98. The molecule has 1 fully saturated rings. The Morgan fingerprint density at radius 1 is 1.00 bits per heavy atom. The van der Waals surface area contributed by atoms with Gasteiger partial charge in [-0.3, -0.25) is 9.46 Å². The van der Waals surface area contributed by atoms with Crippen LogP contribution in [0, 0.1) is 0 Å². The molecule has 0 amide bonds. The van der Waals surface area contributed by atoms with Gasteiger partial charge in [0.05, 0.1) is 6.29 Å². The number of nitrogens with one attached hydrogen (secondary N) is 1. The Bertz CT molecular complexity index is 428.